The van der Waals surface area contributed by atoms with Crippen molar-refractivity contribution < 1.29 is 5.11 Å². The van der Waals surface area contributed by atoms with E-state index in [4.69, 9.17) is 0 Å². The second-order valence-corrected chi connectivity index (χ2v) is 6.72. The second-order valence-electron chi connectivity index (χ2n) is 6.72. The zero-order chi connectivity index (χ0) is 17.9. The number of likely N-dealkylation sites (N-methyl/N-ethyl adjacent to an activating group) is 1. The number of nitrogens with zero attached hydrogens (tertiary/aromatic N) is 1. The molecule has 2 atom stereocenters. The van der Waals surface area contributed by atoms with E-state index >= 15 is 0 Å². The summed E-state index contributed by atoms with van der Waals surface area (Å²) < 4.78 is 0. The van der Waals surface area contributed by atoms with Crippen molar-refractivity contribution in [2.24, 2.45) is 0 Å². The number of benzene rings is 2. The predicted molar refractivity (Wildman–Crippen MR) is 107 cm³/mol. The third-order valence-corrected chi connectivity index (χ3v) is 4.57. The maximum atomic E-state index is 10.8. The van der Waals surface area contributed by atoms with E-state index in [2.05, 4.69) is 67.4 Å². The molecule has 2 aromatic carbocycles. The Morgan fingerprint density at radius 3 is 2.24 bits per heavy atom. The molecule has 2 rings (SSSR count). The Balaban J connectivity index is 2.08. The topological polar surface area (TPSA) is 23.5 Å². The lowest BCUT2D eigenvalue weighted by molar-refractivity contribution is 0.0757. The van der Waals surface area contributed by atoms with Crippen molar-refractivity contribution in [3.63, 3.8) is 0 Å². The molecule has 0 radical (unpaired) electrons. The molecule has 25 heavy (non-hydrogen) atoms. The Bertz CT molecular complexity index is 609. The molecule has 2 nitrogen and oxygen atoms in total. The van der Waals surface area contributed by atoms with Gasteiger partial charge in [-0.25, -0.2) is 0 Å². The van der Waals surface area contributed by atoms with E-state index in [0.29, 0.717) is 0 Å². The molecular formula is C23H31NO. The SMILES string of the molecule is CCCCC[C@H](O)[C@@H](/C=C/c1ccccc1)N(C)Cc1ccccc1. The van der Waals surface area contributed by atoms with Crippen molar-refractivity contribution in [3.05, 3.63) is 77.9 Å². The van der Waals surface area contributed by atoms with Gasteiger partial charge in [-0.2, -0.15) is 0 Å². The van der Waals surface area contributed by atoms with Crippen molar-refractivity contribution in [2.75, 3.05) is 7.05 Å². The monoisotopic (exact) mass is 337 g/mol. The van der Waals surface area contributed by atoms with Crippen LogP contribution in [0.4, 0.5) is 0 Å². The lowest BCUT2D eigenvalue weighted by atomic mass is 10.0. The van der Waals surface area contributed by atoms with Gasteiger partial charge in [0, 0.05) is 6.54 Å². The standard InChI is InChI=1S/C23H31NO/c1-3-4-7-16-23(25)22(18-17-20-12-8-5-9-13-20)24(2)19-21-14-10-6-11-15-21/h5-6,8-15,17-18,22-23,25H,3-4,7,16,19H2,1-2H3/b18-17+/t22-,23+/m1/s1. The van der Waals surface area contributed by atoms with E-state index in [1.165, 1.54) is 24.0 Å². The highest BCUT2D eigenvalue weighted by atomic mass is 16.3. The zero-order valence-corrected chi connectivity index (χ0v) is 15.5. The molecule has 0 amide bonds. The molecule has 0 fully saturated rings. The summed E-state index contributed by atoms with van der Waals surface area (Å²) >= 11 is 0. The van der Waals surface area contributed by atoms with Crippen LogP contribution >= 0.6 is 0 Å². The summed E-state index contributed by atoms with van der Waals surface area (Å²) in [4.78, 5) is 2.24. The minimum atomic E-state index is -0.347. The first kappa shape index (κ1) is 19.4. The molecular weight excluding hydrogens is 306 g/mol. The fourth-order valence-corrected chi connectivity index (χ4v) is 3.09. The van der Waals surface area contributed by atoms with Gasteiger partial charge in [-0.15, -0.1) is 0 Å². The molecule has 134 valence electrons. The Morgan fingerprint density at radius 2 is 1.60 bits per heavy atom. The van der Waals surface area contributed by atoms with Crippen LogP contribution in [0, 0.1) is 0 Å². The highest BCUT2D eigenvalue weighted by Gasteiger charge is 2.20. The van der Waals surface area contributed by atoms with Crippen molar-refractivity contribution in [2.45, 2.75) is 51.3 Å². The third kappa shape index (κ3) is 6.85. The zero-order valence-electron chi connectivity index (χ0n) is 15.5. The number of hydrogen-bond donors (Lipinski definition) is 1. The van der Waals surface area contributed by atoms with Crippen molar-refractivity contribution in [1.29, 1.82) is 0 Å². The van der Waals surface area contributed by atoms with Gasteiger partial charge >= 0.3 is 0 Å². The number of unbranched alkanes of at least 4 members (excludes halogenated alkanes) is 2. The van der Waals surface area contributed by atoms with E-state index in [9.17, 15) is 5.11 Å². The first-order valence-corrected chi connectivity index (χ1v) is 9.36. The second kappa shape index (κ2) is 10.9. The van der Waals surface area contributed by atoms with Gasteiger partial charge in [-0.1, -0.05) is 99.0 Å². The maximum absolute atomic E-state index is 10.8. The number of aliphatic hydroxyl groups excluding tert-OH is 1. The fraction of sp³-hybridized carbons (Fsp3) is 0.391. The van der Waals surface area contributed by atoms with E-state index in [1.807, 2.05) is 24.3 Å². The van der Waals surface area contributed by atoms with Gasteiger partial charge in [0.15, 0.2) is 0 Å². The fourth-order valence-electron chi connectivity index (χ4n) is 3.09. The van der Waals surface area contributed by atoms with Crippen molar-refractivity contribution in [3.8, 4) is 0 Å². The van der Waals surface area contributed by atoms with Crippen LogP contribution in [-0.4, -0.2) is 29.2 Å². The van der Waals surface area contributed by atoms with Crippen LogP contribution in [0.25, 0.3) is 6.08 Å². The Labute approximate surface area is 152 Å². The van der Waals surface area contributed by atoms with E-state index in [-0.39, 0.29) is 12.1 Å². The summed E-state index contributed by atoms with van der Waals surface area (Å²) in [5.41, 5.74) is 2.44. The number of hydrogen-bond acceptors (Lipinski definition) is 2. The number of rotatable bonds is 10. The lowest BCUT2D eigenvalue weighted by Gasteiger charge is -2.30. The Morgan fingerprint density at radius 1 is 0.960 bits per heavy atom. The van der Waals surface area contributed by atoms with E-state index < -0.39 is 0 Å². The summed E-state index contributed by atoms with van der Waals surface area (Å²) in [6, 6.07) is 20.7. The van der Waals surface area contributed by atoms with Gasteiger partial charge in [0.1, 0.15) is 0 Å². The summed E-state index contributed by atoms with van der Waals surface area (Å²) in [7, 11) is 2.09. The Kier molecular flexibility index (Phi) is 8.44. The molecule has 0 heterocycles. The highest BCUT2D eigenvalue weighted by Crippen LogP contribution is 2.16. The molecule has 0 aromatic heterocycles. The van der Waals surface area contributed by atoms with Crippen LogP contribution in [0.5, 0.6) is 0 Å². The van der Waals surface area contributed by atoms with Crippen LogP contribution in [0.2, 0.25) is 0 Å². The maximum Gasteiger partial charge on any atom is 0.0731 e. The molecule has 1 N–H and O–H groups in total. The molecule has 0 aliphatic rings. The normalized spacial score (nSPS) is 14.1. The third-order valence-electron chi connectivity index (χ3n) is 4.57. The van der Waals surface area contributed by atoms with Crippen LogP contribution in [-0.2, 0) is 6.54 Å². The van der Waals surface area contributed by atoms with Crippen LogP contribution < -0.4 is 0 Å². The van der Waals surface area contributed by atoms with Crippen LogP contribution in [0.3, 0.4) is 0 Å². The molecule has 0 saturated carbocycles. The molecule has 0 spiro atoms. The summed E-state index contributed by atoms with van der Waals surface area (Å²) in [5.74, 6) is 0. The van der Waals surface area contributed by atoms with Crippen LogP contribution in [0.15, 0.2) is 66.7 Å². The van der Waals surface area contributed by atoms with Crippen molar-refractivity contribution >= 4 is 6.08 Å². The largest absolute Gasteiger partial charge is 0.391 e. The molecule has 0 bridgehead atoms. The summed E-state index contributed by atoms with van der Waals surface area (Å²) in [6.07, 6.45) is 8.19. The van der Waals surface area contributed by atoms with Gasteiger partial charge in [0.05, 0.1) is 12.1 Å². The molecule has 0 unspecified atom stereocenters. The van der Waals surface area contributed by atoms with Gasteiger partial charge < -0.3 is 5.11 Å². The minimum Gasteiger partial charge on any atom is -0.391 e. The number of aliphatic hydroxyl groups is 1. The molecule has 0 aliphatic carbocycles. The van der Waals surface area contributed by atoms with Crippen LogP contribution in [0.1, 0.15) is 43.7 Å². The smallest absolute Gasteiger partial charge is 0.0731 e. The average Bonchev–Trinajstić information content (AvgIpc) is 2.64. The first-order chi connectivity index (χ1) is 12.2. The molecule has 2 heteroatoms. The van der Waals surface area contributed by atoms with Gasteiger partial charge in [-0.05, 0) is 24.6 Å². The lowest BCUT2D eigenvalue weighted by Crippen LogP contribution is -2.39. The predicted octanol–water partition coefficient (Wildman–Crippen LogP) is 5.14. The molecule has 0 saturated heterocycles. The van der Waals surface area contributed by atoms with E-state index in [0.717, 1.165) is 19.4 Å². The van der Waals surface area contributed by atoms with Gasteiger partial charge in [-0.3, -0.25) is 4.90 Å². The molecule has 2 aromatic rings. The Hall–Kier alpha value is -1.90. The quantitative estimate of drug-likeness (QED) is 0.607. The van der Waals surface area contributed by atoms with Gasteiger partial charge in [0.2, 0.25) is 0 Å². The first-order valence-electron chi connectivity index (χ1n) is 9.36. The van der Waals surface area contributed by atoms with Gasteiger partial charge in [0.25, 0.3) is 0 Å². The van der Waals surface area contributed by atoms with Crippen molar-refractivity contribution in [1.82, 2.24) is 4.90 Å². The minimum absolute atomic E-state index is 0.0114. The highest BCUT2D eigenvalue weighted by molar-refractivity contribution is 5.49. The molecule has 0 aliphatic heterocycles. The van der Waals surface area contributed by atoms with E-state index in [1.54, 1.807) is 0 Å². The summed E-state index contributed by atoms with van der Waals surface area (Å²) in [5, 5.41) is 10.8. The summed E-state index contributed by atoms with van der Waals surface area (Å²) in [6.45, 7) is 3.02. The average molecular weight is 338 g/mol.